The Morgan fingerprint density at radius 3 is 2.36 bits per heavy atom. The fourth-order valence-electron chi connectivity index (χ4n) is 3.56. The van der Waals surface area contributed by atoms with Crippen LogP contribution in [-0.4, -0.2) is 22.8 Å². The van der Waals surface area contributed by atoms with Crippen LogP contribution in [0.1, 0.15) is 21.5 Å². The van der Waals surface area contributed by atoms with Crippen LogP contribution in [0.15, 0.2) is 66.7 Å². The van der Waals surface area contributed by atoms with E-state index in [-0.39, 0.29) is 5.91 Å². The van der Waals surface area contributed by atoms with E-state index < -0.39 is 11.9 Å². The number of fused-ring (bicyclic) bond motifs is 2. The molecule has 3 aromatic rings. The highest BCUT2D eigenvalue weighted by molar-refractivity contribution is 6.08. The van der Waals surface area contributed by atoms with Crippen LogP contribution in [0.4, 0.5) is 0 Å². The van der Waals surface area contributed by atoms with E-state index in [1.807, 2.05) is 66.7 Å². The molecule has 1 atom stereocenters. The minimum atomic E-state index is -0.624. The molecule has 124 valence electrons. The van der Waals surface area contributed by atoms with Gasteiger partial charge >= 0.3 is 0 Å². The van der Waals surface area contributed by atoms with Gasteiger partial charge in [-0.25, -0.2) is 0 Å². The van der Waals surface area contributed by atoms with Gasteiger partial charge in [0.25, 0.3) is 5.91 Å². The molecule has 0 aliphatic carbocycles. The number of rotatable bonds is 2. The lowest BCUT2D eigenvalue weighted by Gasteiger charge is -2.35. The number of carbonyl (C=O) groups is 2. The van der Waals surface area contributed by atoms with E-state index in [4.69, 9.17) is 5.73 Å². The molecule has 1 unspecified atom stereocenters. The second-order valence-electron chi connectivity index (χ2n) is 6.35. The third-order valence-electron chi connectivity index (χ3n) is 4.86. The van der Waals surface area contributed by atoms with Crippen molar-refractivity contribution in [3.63, 3.8) is 0 Å². The molecule has 1 aliphatic rings. The molecule has 0 radical (unpaired) electrons. The first-order valence-corrected chi connectivity index (χ1v) is 8.30. The summed E-state index contributed by atoms with van der Waals surface area (Å²) in [5.41, 5.74) is 8.35. The highest BCUT2D eigenvalue weighted by Crippen LogP contribution is 2.27. The van der Waals surface area contributed by atoms with Crippen molar-refractivity contribution in [2.45, 2.75) is 19.0 Å². The summed E-state index contributed by atoms with van der Waals surface area (Å²) in [4.78, 5) is 26.9. The predicted molar refractivity (Wildman–Crippen MR) is 96.9 cm³/mol. The molecule has 4 nitrogen and oxygen atoms in total. The first-order chi connectivity index (χ1) is 12.1. The maximum absolute atomic E-state index is 13.3. The Kier molecular flexibility index (Phi) is 3.73. The normalized spacial score (nSPS) is 16.5. The molecular weight excluding hydrogens is 312 g/mol. The van der Waals surface area contributed by atoms with Crippen LogP contribution in [0.2, 0.25) is 0 Å². The topological polar surface area (TPSA) is 63.4 Å². The third kappa shape index (κ3) is 2.66. The van der Waals surface area contributed by atoms with E-state index in [1.165, 1.54) is 0 Å². The molecule has 2 amide bonds. The van der Waals surface area contributed by atoms with Crippen molar-refractivity contribution in [3.8, 4) is 0 Å². The highest BCUT2D eigenvalue weighted by atomic mass is 16.2. The number of benzene rings is 3. The number of nitrogens with zero attached hydrogens (tertiary/aromatic N) is 1. The summed E-state index contributed by atoms with van der Waals surface area (Å²) in [5, 5.41) is 1.89. The number of primary amides is 1. The van der Waals surface area contributed by atoms with Gasteiger partial charge in [-0.05, 0) is 28.0 Å². The zero-order valence-electron chi connectivity index (χ0n) is 13.7. The molecule has 0 saturated heterocycles. The number of hydrogen-bond acceptors (Lipinski definition) is 2. The fourth-order valence-corrected chi connectivity index (χ4v) is 3.56. The van der Waals surface area contributed by atoms with Gasteiger partial charge in [-0.15, -0.1) is 0 Å². The Morgan fingerprint density at radius 1 is 0.880 bits per heavy atom. The maximum atomic E-state index is 13.3. The van der Waals surface area contributed by atoms with Crippen molar-refractivity contribution in [2.75, 3.05) is 0 Å². The van der Waals surface area contributed by atoms with Gasteiger partial charge in [-0.1, -0.05) is 60.7 Å². The predicted octanol–water partition coefficient (Wildman–Crippen LogP) is 2.89. The molecule has 25 heavy (non-hydrogen) atoms. The molecule has 4 rings (SSSR count). The van der Waals surface area contributed by atoms with E-state index in [2.05, 4.69) is 0 Å². The third-order valence-corrected chi connectivity index (χ3v) is 4.86. The fraction of sp³-hybridized carbons (Fsp3) is 0.143. The Morgan fingerprint density at radius 2 is 1.56 bits per heavy atom. The summed E-state index contributed by atoms with van der Waals surface area (Å²) in [6, 6.07) is 20.7. The van der Waals surface area contributed by atoms with E-state index in [1.54, 1.807) is 4.90 Å². The molecule has 3 aromatic carbocycles. The van der Waals surface area contributed by atoms with Gasteiger partial charge in [0.05, 0.1) is 0 Å². The van der Waals surface area contributed by atoms with E-state index in [0.29, 0.717) is 18.5 Å². The Labute approximate surface area is 145 Å². The van der Waals surface area contributed by atoms with E-state index >= 15 is 0 Å². The number of hydrogen-bond donors (Lipinski definition) is 1. The molecule has 0 aromatic heterocycles. The van der Waals surface area contributed by atoms with E-state index in [9.17, 15) is 9.59 Å². The Hall–Kier alpha value is -3.14. The maximum Gasteiger partial charge on any atom is 0.255 e. The smallest absolute Gasteiger partial charge is 0.255 e. The summed E-state index contributed by atoms with van der Waals surface area (Å²) >= 11 is 0. The van der Waals surface area contributed by atoms with Crippen LogP contribution in [0.25, 0.3) is 10.8 Å². The summed E-state index contributed by atoms with van der Waals surface area (Å²) in [5.74, 6) is -0.627. The average molecular weight is 330 g/mol. The monoisotopic (exact) mass is 330 g/mol. The zero-order chi connectivity index (χ0) is 17.4. The SMILES string of the molecule is NC(=O)C1Cc2ccccc2CN1C(=O)c1cccc2ccccc12. The van der Waals surface area contributed by atoms with Gasteiger partial charge in [0, 0.05) is 18.5 Å². The summed E-state index contributed by atoms with van der Waals surface area (Å²) in [6.45, 7) is 0.395. The van der Waals surface area contributed by atoms with Crippen LogP contribution in [0.5, 0.6) is 0 Å². The molecule has 4 heteroatoms. The van der Waals surface area contributed by atoms with Crippen molar-refractivity contribution in [1.82, 2.24) is 4.90 Å². The van der Waals surface area contributed by atoms with Gasteiger partial charge in [-0.3, -0.25) is 9.59 Å². The number of amides is 2. The summed E-state index contributed by atoms with van der Waals surface area (Å²) < 4.78 is 0. The first kappa shape index (κ1) is 15.4. The van der Waals surface area contributed by atoms with Gasteiger partial charge in [0.2, 0.25) is 5.91 Å². The van der Waals surface area contributed by atoms with Crippen LogP contribution in [-0.2, 0) is 17.8 Å². The molecule has 1 heterocycles. The second kappa shape index (κ2) is 6.06. The van der Waals surface area contributed by atoms with Crippen molar-refractivity contribution >= 4 is 22.6 Å². The number of nitrogens with two attached hydrogens (primary N) is 1. The van der Waals surface area contributed by atoms with Crippen molar-refractivity contribution in [2.24, 2.45) is 5.73 Å². The van der Waals surface area contributed by atoms with Crippen molar-refractivity contribution in [3.05, 3.63) is 83.4 Å². The lowest BCUT2D eigenvalue weighted by molar-refractivity contribution is -0.122. The van der Waals surface area contributed by atoms with E-state index in [0.717, 1.165) is 21.9 Å². The first-order valence-electron chi connectivity index (χ1n) is 8.30. The Balaban J connectivity index is 1.79. The minimum absolute atomic E-state index is 0.157. The summed E-state index contributed by atoms with van der Waals surface area (Å²) in [6.07, 6.45) is 0.460. The molecule has 0 bridgehead atoms. The molecule has 1 aliphatic heterocycles. The molecule has 2 N–H and O–H groups in total. The molecule has 0 saturated carbocycles. The largest absolute Gasteiger partial charge is 0.368 e. The minimum Gasteiger partial charge on any atom is -0.368 e. The summed E-state index contributed by atoms with van der Waals surface area (Å²) in [7, 11) is 0. The van der Waals surface area contributed by atoms with Crippen LogP contribution < -0.4 is 5.73 Å². The number of carbonyl (C=O) groups excluding carboxylic acids is 2. The van der Waals surface area contributed by atoms with Crippen LogP contribution in [0.3, 0.4) is 0 Å². The standard InChI is InChI=1S/C21H18N2O2/c22-20(24)19-12-15-7-1-2-8-16(15)13-23(19)21(25)18-11-5-9-14-6-3-4-10-17(14)18/h1-11,19H,12-13H2,(H2,22,24). The van der Waals surface area contributed by atoms with Crippen LogP contribution in [0, 0.1) is 0 Å². The molecule has 0 fully saturated rings. The molecule has 0 spiro atoms. The zero-order valence-corrected chi connectivity index (χ0v) is 13.7. The van der Waals surface area contributed by atoms with Crippen molar-refractivity contribution < 1.29 is 9.59 Å². The Bertz CT molecular complexity index is 975. The quantitative estimate of drug-likeness (QED) is 0.785. The molecular formula is C21H18N2O2. The van der Waals surface area contributed by atoms with Gasteiger partial charge < -0.3 is 10.6 Å². The van der Waals surface area contributed by atoms with Gasteiger partial charge in [0.15, 0.2) is 0 Å². The van der Waals surface area contributed by atoms with Gasteiger partial charge in [-0.2, -0.15) is 0 Å². The second-order valence-corrected chi connectivity index (χ2v) is 6.35. The van der Waals surface area contributed by atoms with Gasteiger partial charge in [0.1, 0.15) is 6.04 Å². The lowest BCUT2D eigenvalue weighted by atomic mass is 9.92. The van der Waals surface area contributed by atoms with Crippen molar-refractivity contribution in [1.29, 1.82) is 0 Å². The average Bonchev–Trinajstić information content (AvgIpc) is 2.66. The highest BCUT2D eigenvalue weighted by Gasteiger charge is 2.34. The van der Waals surface area contributed by atoms with Crippen LogP contribution >= 0.6 is 0 Å². The lowest BCUT2D eigenvalue weighted by Crippen LogP contribution is -2.51.